The molecule has 0 aliphatic carbocycles. The van der Waals surface area contributed by atoms with E-state index in [9.17, 15) is 8.78 Å². The molecule has 0 aliphatic heterocycles. The molecule has 3 nitrogen and oxygen atoms in total. The second-order valence-corrected chi connectivity index (χ2v) is 3.46. The second-order valence-electron chi connectivity index (χ2n) is 2.30. The number of nitrogens with zero attached hydrogens (tertiary/aromatic N) is 2. The van der Waals surface area contributed by atoms with Gasteiger partial charge in [-0.2, -0.15) is 13.9 Å². The molecule has 13 heavy (non-hydrogen) atoms. The van der Waals surface area contributed by atoms with Gasteiger partial charge in [0.2, 0.25) is 0 Å². The van der Waals surface area contributed by atoms with Gasteiger partial charge in [-0.15, -0.1) is 0 Å². The molecule has 0 saturated heterocycles. The summed E-state index contributed by atoms with van der Waals surface area (Å²) in [6, 6.07) is 0. The Bertz CT molecular complexity index is 277. The summed E-state index contributed by atoms with van der Waals surface area (Å²) in [5, 5.41) is 3.55. The van der Waals surface area contributed by atoms with Crippen LogP contribution in [0.25, 0.3) is 0 Å². The van der Waals surface area contributed by atoms with Crippen LogP contribution in [0.4, 0.5) is 8.78 Å². The third-order valence-electron chi connectivity index (χ3n) is 1.48. The first-order chi connectivity index (χ1) is 6.16. The van der Waals surface area contributed by atoms with Crippen molar-refractivity contribution >= 4 is 22.6 Å². The van der Waals surface area contributed by atoms with Gasteiger partial charge in [-0.05, 0) is 29.5 Å². The number of halogens is 3. The monoisotopic (exact) mass is 302 g/mol. The Labute approximate surface area is 88.2 Å². The summed E-state index contributed by atoms with van der Waals surface area (Å²) in [5.41, 5.74) is 0.428. The average Bonchev–Trinajstić information content (AvgIpc) is 2.43. The van der Waals surface area contributed by atoms with Gasteiger partial charge in [0.25, 0.3) is 0 Å². The van der Waals surface area contributed by atoms with Crippen molar-refractivity contribution in [2.45, 2.75) is 20.1 Å². The molecule has 1 heterocycles. The van der Waals surface area contributed by atoms with Crippen LogP contribution in [0.5, 0.6) is 0 Å². The van der Waals surface area contributed by atoms with E-state index in [0.717, 1.165) is 0 Å². The normalized spacial score (nSPS) is 11.2. The molecule has 0 radical (unpaired) electrons. The third kappa shape index (κ3) is 2.60. The molecule has 1 aromatic rings. The summed E-state index contributed by atoms with van der Waals surface area (Å²) in [4.78, 5) is 0. The van der Waals surface area contributed by atoms with Gasteiger partial charge in [-0.1, -0.05) is 0 Å². The molecule has 0 unspecified atom stereocenters. The first-order valence-electron chi connectivity index (χ1n) is 3.74. The van der Waals surface area contributed by atoms with Gasteiger partial charge < -0.3 is 4.74 Å². The van der Waals surface area contributed by atoms with E-state index in [1.54, 1.807) is 0 Å². The summed E-state index contributed by atoms with van der Waals surface area (Å²) in [6.07, 6.45) is 1.40. The van der Waals surface area contributed by atoms with Crippen molar-refractivity contribution in [3.8, 4) is 0 Å². The molecular formula is C7H9F2IN2O. The fourth-order valence-electron chi connectivity index (χ4n) is 0.869. The van der Waals surface area contributed by atoms with E-state index in [-0.39, 0.29) is 6.61 Å². The van der Waals surface area contributed by atoms with Crippen molar-refractivity contribution in [2.24, 2.45) is 0 Å². The lowest BCUT2D eigenvalue weighted by molar-refractivity contribution is 0.0424. The van der Waals surface area contributed by atoms with Gasteiger partial charge in [-0.3, -0.25) is 0 Å². The highest BCUT2D eigenvalue weighted by Crippen LogP contribution is 2.18. The number of aromatic nitrogens is 2. The lowest BCUT2D eigenvalue weighted by Crippen LogP contribution is -2.07. The molecule has 1 rings (SSSR count). The summed E-state index contributed by atoms with van der Waals surface area (Å²) >= 11 is 1.96. The Morgan fingerprint density at radius 2 is 2.38 bits per heavy atom. The van der Waals surface area contributed by atoms with Gasteiger partial charge >= 0.3 is 6.55 Å². The van der Waals surface area contributed by atoms with Gasteiger partial charge in [0.1, 0.15) is 0 Å². The van der Waals surface area contributed by atoms with Crippen molar-refractivity contribution in [3.05, 3.63) is 15.5 Å². The number of hydrogen-bond acceptors (Lipinski definition) is 2. The van der Waals surface area contributed by atoms with Crippen LogP contribution in [0.2, 0.25) is 0 Å². The van der Waals surface area contributed by atoms with E-state index in [4.69, 9.17) is 4.74 Å². The van der Waals surface area contributed by atoms with E-state index in [1.165, 1.54) is 6.20 Å². The maximum atomic E-state index is 12.3. The van der Waals surface area contributed by atoms with Crippen molar-refractivity contribution in [2.75, 3.05) is 6.61 Å². The van der Waals surface area contributed by atoms with Crippen LogP contribution in [0, 0.1) is 3.57 Å². The van der Waals surface area contributed by atoms with Crippen molar-refractivity contribution in [1.82, 2.24) is 9.78 Å². The molecule has 74 valence electrons. The van der Waals surface area contributed by atoms with Gasteiger partial charge in [0.15, 0.2) is 0 Å². The molecular weight excluding hydrogens is 293 g/mol. The Balaban J connectivity index is 2.82. The molecule has 6 heteroatoms. The molecule has 0 spiro atoms. The van der Waals surface area contributed by atoms with Crippen LogP contribution >= 0.6 is 22.6 Å². The van der Waals surface area contributed by atoms with Crippen LogP contribution in [0.15, 0.2) is 6.20 Å². The zero-order chi connectivity index (χ0) is 9.84. The largest absolute Gasteiger partial charge is 0.375 e. The fourth-order valence-corrected chi connectivity index (χ4v) is 1.40. The highest BCUT2D eigenvalue weighted by molar-refractivity contribution is 14.1. The predicted molar refractivity (Wildman–Crippen MR) is 51.5 cm³/mol. The lowest BCUT2D eigenvalue weighted by atomic mass is 10.4. The highest BCUT2D eigenvalue weighted by atomic mass is 127. The van der Waals surface area contributed by atoms with E-state index in [1.807, 2.05) is 29.5 Å². The lowest BCUT2D eigenvalue weighted by Gasteiger charge is -2.06. The first-order valence-corrected chi connectivity index (χ1v) is 4.82. The minimum Gasteiger partial charge on any atom is -0.375 e. The molecule has 0 saturated carbocycles. The fraction of sp³-hybridized carbons (Fsp3) is 0.571. The summed E-state index contributed by atoms with van der Waals surface area (Å²) in [6.45, 7) is -0.0986. The minimum atomic E-state index is -2.60. The zero-order valence-corrected chi connectivity index (χ0v) is 9.16. The first kappa shape index (κ1) is 10.8. The second kappa shape index (κ2) is 4.85. The average molecular weight is 302 g/mol. The Morgan fingerprint density at radius 1 is 1.69 bits per heavy atom. The Kier molecular flexibility index (Phi) is 4.04. The van der Waals surface area contributed by atoms with E-state index in [0.29, 0.717) is 20.6 Å². The van der Waals surface area contributed by atoms with E-state index < -0.39 is 6.55 Å². The molecule has 0 bridgehead atoms. The van der Waals surface area contributed by atoms with Crippen LogP contribution in [-0.4, -0.2) is 16.4 Å². The van der Waals surface area contributed by atoms with Gasteiger partial charge in [0, 0.05) is 6.61 Å². The molecule has 1 aromatic heterocycles. The number of ether oxygens (including phenoxy) is 1. The third-order valence-corrected chi connectivity index (χ3v) is 2.38. The smallest absolute Gasteiger partial charge is 0.333 e. The maximum Gasteiger partial charge on any atom is 0.333 e. The van der Waals surface area contributed by atoms with Crippen LogP contribution in [0.3, 0.4) is 0 Å². The molecule has 0 amide bonds. The number of hydrogen-bond donors (Lipinski definition) is 0. The number of rotatable bonds is 4. The van der Waals surface area contributed by atoms with Crippen LogP contribution in [0.1, 0.15) is 19.2 Å². The molecule has 0 aliphatic rings. The quantitative estimate of drug-likeness (QED) is 0.799. The Hall–Kier alpha value is -0.240. The number of alkyl halides is 2. The van der Waals surface area contributed by atoms with Gasteiger partial charge in [-0.25, -0.2) is 4.68 Å². The zero-order valence-electron chi connectivity index (χ0n) is 7.01. The SMILES string of the molecule is CCOCc1c(I)cnn1C(F)F. The van der Waals surface area contributed by atoms with E-state index in [2.05, 4.69) is 5.10 Å². The molecule has 0 N–H and O–H groups in total. The molecule has 0 atom stereocenters. The Morgan fingerprint density at radius 3 is 2.92 bits per heavy atom. The molecule has 0 aromatic carbocycles. The highest BCUT2D eigenvalue weighted by Gasteiger charge is 2.15. The summed E-state index contributed by atoms with van der Waals surface area (Å²) < 4.78 is 31.0. The maximum absolute atomic E-state index is 12.3. The predicted octanol–water partition coefficient (Wildman–Crippen LogP) is 2.42. The summed E-state index contributed by atoms with van der Waals surface area (Å²) in [7, 11) is 0. The topological polar surface area (TPSA) is 27.1 Å². The minimum absolute atomic E-state index is 0.180. The van der Waals surface area contributed by atoms with Crippen molar-refractivity contribution in [3.63, 3.8) is 0 Å². The van der Waals surface area contributed by atoms with E-state index >= 15 is 0 Å². The van der Waals surface area contributed by atoms with Crippen LogP contribution < -0.4 is 0 Å². The standard InChI is InChI=1S/C7H9F2IN2O/c1-2-13-4-6-5(10)3-11-12(6)7(8)9/h3,7H,2,4H2,1H3. The van der Waals surface area contributed by atoms with Crippen molar-refractivity contribution in [1.29, 1.82) is 0 Å². The summed E-state index contributed by atoms with van der Waals surface area (Å²) in [5.74, 6) is 0. The van der Waals surface area contributed by atoms with Crippen LogP contribution in [-0.2, 0) is 11.3 Å². The van der Waals surface area contributed by atoms with Crippen molar-refractivity contribution < 1.29 is 13.5 Å². The molecule has 0 fully saturated rings. The van der Waals surface area contributed by atoms with Gasteiger partial charge in [0.05, 0.1) is 22.1 Å².